The second-order valence-electron chi connectivity index (χ2n) is 6.33. The Balaban J connectivity index is 1.58. The summed E-state index contributed by atoms with van der Waals surface area (Å²) in [5.41, 5.74) is 4.15. The van der Waals surface area contributed by atoms with Crippen molar-refractivity contribution in [2.24, 2.45) is 0 Å². The Morgan fingerprint density at radius 2 is 2.07 bits per heavy atom. The Kier molecular flexibility index (Phi) is 4.33. The first-order valence-corrected chi connectivity index (χ1v) is 8.57. The van der Waals surface area contributed by atoms with Crippen LogP contribution in [0, 0.1) is 13.8 Å². The molecule has 0 atom stereocenters. The van der Waals surface area contributed by atoms with E-state index in [1.807, 2.05) is 50.2 Å². The zero-order valence-electron chi connectivity index (χ0n) is 15.0. The summed E-state index contributed by atoms with van der Waals surface area (Å²) < 4.78 is 1.58. The summed E-state index contributed by atoms with van der Waals surface area (Å²) in [5, 5.41) is 8.01. The molecule has 0 fully saturated rings. The van der Waals surface area contributed by atoms with E-state index in [9.17, 15) is 4.79 Å². The second kappa shape index (κ2) is 6.95. The number of nitrogens with zero attached hydrogens (tertiary/aromatic N) is 5. The summed E-state index contributed by atoms with van der Waals surface area (Å²) in [4.78, 5) is 25.6. The molecule has 0 spiro atoms. The third-order valence-electron chi connectivity index (χ3n) is 4.35. The van der Waals surface area contributed by atoms with Crippen LogP contribution in [0.15, 0.2) is 55.2 Å². The molecule has 0 radical (unpaired) electrons. The summed E-state index contributed by atoms with van der Waals surface area (Å²) in [6.45, 7) is 4.20. The van der Waals surface area contributed by atoms with Crippen molar-refractivity contribution in [3.8, 4) is 5.82 Å². The number of nitrogens with one attached hydrogen (secondary N) is 1. The van der Waals surface area contributed by atoms with Gasteiger partial charge in [0.2, 0.25) is 0 Å². The lowest BCUT2D eigenvalue weighted by Crippen LogP contribution is -2.25. The Morgan fingerprint density at radius 3 is 2.89 bits per heavy atom. The van der Waals surface area contributed by atoms with Gasteiger partial charge < -0.3 is 5.32 Å². The number of rotatable bonds is 4. The topological polar surface area (TPSA) is 85.6 Å². The quantitative estimate of drug-likeness (QED) is 0.606. The molecule has 0 aliphatic heterocycles. The maximum absolute atomic E-state index is 12.7. The van der Waals surface area contributed by atoms with Gasteiger partial charge >= 0.3 is 0 Å². The van der Waals surface area contributed by atoms with Gasteiger partial charge in [-0.1, -0.05) is 18.2 Å². The number of hydrogen-bond donors (Lipinski definition) is 1. The fourth-order valence-electron chi connectivity index (χ4n) is 2.97. The predicted molar refractivity (Wildman–Crippen MR) is 102 cm³/mol. The summed E-state index contributed by atoms with van der Waals surface area (Å²) in [6.07, 6.45) is 4.71. The van der Waals surface area contributed by atoms with Crippen LogP contribution in [0.5, 0.6) is 0 Å². The monoisotopic (exact) mass is 358 g/mol. The highest BCUT2D eigenvalue weighted by Gasteiger charge is 2.13. The summed E-state index contributed by atoms with van der Waals surface area (Å²) in [7, 11) is 0. The van der Waals surface area contributed by atoms with Gasteiger partial charge in [-0.2, -0.15) is 5.10 Å². The third kappa shape index (κ3) is 3.39. The molecule has 0 aliphatic carbocycles. The van der Waals surface area contributed by atoms with Gasteiger partial charge in [-0.05, 0) is 37.6 Å². The Morgan fingerprint density at radius 1 is 1.19 bits per heavy atom. The number of aryl methyl sites for hydroxylation is 2. The van der Waals surface area contributed by atoms with Crippen molar-refractivity contribution in [1.29, 1.82) is 0 Å². The molecule has 3 aromatic heterocycles. The van der Waals surface area contributed by atoms with E-state index >= 15 is 0 Å². The van der Waals surface area contributed by atoms with Crippen LogP contribution in [0.3, 0.4) is 0 Å². The largest absolute Gasteiger partial charge is 0.348 e. The Labute approximate surface area is 156 Å². The summed E-state index contributed by atoms with van der Waals surface area (Å²) in [5.74, 6) is 0.468. The smallest absolute Gasteiger partial charge is 0.253 e. The van der Waals surface area contributed by atoms with Gasteiger partial charge in [0.15, 0.2) is 5.82 Å². The first kappa shape index (κ1) is 16.8. The van der Waals surface area contributed by atoms with Gasteiger partial charge in [-0.25, -0.2) is 14.6 Å². The highest BCUT2D eigenvalue weighted by Crippen LogP contribution is 2.18. The van der Waals surface area contributed by atoms with E-state index in [4.69, 9.17) is 0 Å². The third-order valence-corrected chi connectivity index (χ3v) is 4.35. The summed E-state index contributed by atoms with van der Waals surface area (Å²) in [6, 6.07) is 11.6. The standard InChI is InChI=1S/C20H18N6O/c1-13-5-6-15-9-17(14(2)25-18(15)8-13)20(27)23-10-16-4-3-7-22-19(16)26-12-21-11-24-26/h3-9,11-12H,10H2,1-2H3,(H,23,27). The summed E-state index contributed by atoms with van der Waals surface area (Å²) >= 11 is 0. The van der Waals surface area contributed by atoms with E-state index in [2.05, 4.69) is 25.4 Å². The van der Waals surface area contributed by atoms with Crippen molar-refractivity contribution in [2.45, 2.75) is 20.4 Å². The second-order valence-corrected chi connectivity index (χ2v) is 6.33. The number of aromatic nitrogens is 5. The lowest BCUT2D eigenvalue weighted by Gasteiger charge is -2.11. The lowest BCUT2D eigenvalue weighted by molar-refractivity contribution is 0.0950. The molecule has 27 heavy (non-hydrogen) atoms. The van der Waals surface area contributed by atoms with E-state index in [0.717, 1.165) is 22.0 Å². The number of amides is 1. The number of fused-ring (bicyclic) bond motifs is 1. The molecule has 3 heterocycles. The highest BCUT2D eigenvalue weighted by atomic mass is 16.1. The maximum Gasteiger partial charge on any atom is 0.253 e. The fourth-order valence-corrected chi connectivity index (χ4v) is 2.97. The van der Waals surface area contributed by atoms with Crippen LogP contribution < -0.4 is 5.32 Å². The molecule has 7 heteroatoms. The maximum atomic E-state index is 12.7. The van der Waals surface area contributed by atoms with Crippen molar-refractivity contribution >= 4 is 16.8 Å². The van der Waals surface area contributed by atoms with Crippen molar-refractivity contribution in [3.63, 3.8) is 0 Å². The molecule has 4 aromatic rings. The van der Waals surface area contributed by atoms with Crippen LogP contribution in [-0.4, -0.2) is 30.6 Å². The van der Waals surface area contributed by atoms with Gasteiger partial charge in [0.1, 0.15) is 12.7 Å². The minimum Gasteiger partial charge on any atom is -0.348 e. The minimum atomic E-state index is -0.170. The molecule has 4 rings (SSSR count). The molecular weight excluding hydrogens is 340 g/mol. The van der Waals surface area contributed by atoms with Gasteiger partial charge in [-0.3, -0.25) is 9.78 Å². The molecule has 1 N–H and O–H groups in total. The first-order valence-electron chi connectivity index (χ1n) is 8.57. The van der Waals surface area contributed by atoms with Crippen molar-refractivity contribution in [1.82, 2.24) is 30.0 Å². The molecule has 0 bridgehead atoms. The van der Waals surface area contributed by atoms with Crippen molar-refractivity contribution in [2.75, 3.05) is 0 Å². The highest BCUT2D eigenvalue weighted by molar-refractivity contribution is 5.98. The fraction of sp³-hybridized carbons (Fsp3) is 0.150. The van der Waals surface area contributed by atoms with Crippen molar-refractivity contribution in [3.05, 3.63) is 77.6 Å². The van der Waals surface area contributed by atoms with Crippen LogP contribution in [0.2, 0.25) is 0 Å². The van der Waals surface area contributed by atoms with E-state index in [1.54, 1.807) is 17.2 Å². The van der Waals surface area contributed by atoms with Crippen LogP contribution in [-0.2, 0) is 6.54 Å². The van der Waals surface area contributed by atoms with Crippen LogP contribution in [0.1, 0.15) is 27.2 Å². The zero-order valence-corrected chi connectivity index (χ0v) is 15.0. The molecule has 0 unspecified atom stereocenters. The number of pyridine rings is 2. The average molecular weight is 358 g/mol. The minimum absolute atomic E-state index is 0.170. The van der Waals surface area contributed by atoms with E-state index in [0.29, 0.717) is 23.6 Å². The lowest BCUT2D eigenvalue weighted by atomic mass is 10.1. The van der Waals surface area contributed by atoms with Gasteiger partial charge in [0.05, 0.1) is 16.8 Å². The Hall–Kier alpha value is -3.61. The first-order chi connectivity index (χ1) is 13.1. The average Bonchev–Trinajstić information content (AvgIpc) is 3.20. The molecule has 0 saturated heterocycles. The van der Waals surface area contributed by atoms with Crippen LogP contribution in [0.25, 0.3) is 16.7 Å². The molecular formula is C20H18N6O. The van der Waals surface area contributed by atoms with Gasteiger partial charge in [-0.15, -0.1) is 0 Å². The normalized spacial score (nSPS) is 10.9. The van der Waals surface area contributed by atoms with Crippen molar-refractivity contribution < 1.29 is 4.79 Å². The predicted octanol–water partition coefficient (Wildman–Crippen LogP) is 2.76. The van der Waals surface area contributed by atoms with E-state index < -0.39 is 0 Å². The van der Waals surface area contributed by atoms with Crippen LogP contribution in [0.4, 0.5) is 0 Å². The number of carbonyl (C=O) groups excluding carboxylic acids is 1. The van der Waals surface area contributed by atoms with Gasteiger partial charge in [0.25, 0.3) is 5.91 Å². The molecule has 134 valence electrons. The Bertz CT molecular complexity index is 1120. The van der Waals surface area contributed by atoms with E-state index in [-0.39, 0.29) is 5.91 Å². The molecule has 0 saturated carbocycles. The SMILES string of the molecule is Cc1ccc2cc(C(=O)NCc3cccnc3-n3cncn3)c(C)nc2c1. The van der Waals surface area contributed by atoms with E-state index in [1.165, 1.54) is 6.33 Å². The molecule has 7 nitrogen and oxygen atoms in total. The number of benzene rings is 1. The zero-order chi connectivity index (χ0) is 18.8. The number of carbonyl (C=O) groups is 1. The van der Waals surface area contributed by atoms with Crippen LogP contribution >= 0.6 is 0 Å². The molecule has 1 amide bonds. The van der Waals surface area contributed by atoms with Gasteiger partial charge in [0, 0.05) is 23.7 Å². The number of hydrogen-bond acceptors (Lipinski definition) is 5. The molecule has 0 aliphatic rings. The molecule has 1 aromatic carbocycles.